The third kappa shape index (κ3) is 4.12. The second-order valence-electron chi connectivity index (χ2n) is 5.28. The maximum absolute atomic E-state index is 11.8. The molecule has 7 nitrogen and oxygen atoms in total. The molecule has 0 spiro atoms. The van der Waals surface area contributed by atoms with Crippen LogP contribution in [0, 0.1) is 6.92 Å². The predicted octanol–water partition coefficient (Wildman–Crippen LogP) is 0.177. The van der Waals surface area contributed by atoms with Gasteiger partial charge in [-0.2, -0.15) is 0 Å². The number of carbonyl (C=O) groups excluding carboxylic acids is 1. The topological polar surface area (TPSA) is 63.5 Å². The zero-order valence-electron chi connectivity index (χ0n) is 12.8. The van der Waals surface area contributed by atoms with Crippen LogP contribution in [0.25, 0.3) is 0 Å². The Balaban J connectivity index is 1.88. The number of rotatable bonds is 6. The fourth-order valence-electron chi connectivity index (χ4n) is 2.27. The summed E-state index contributed by atoms with van der Waals surface area (Å²) in [6.07, 6.45) is 1.53. The smallest absolute Gasteiger partial charge is 0.361 e. The van der Waals surface area contributed by atoms with Gasteiger partial charge in [0.05, 0.1) is 12.2 Å². The monoisotopic (exact) mass is 293 g/mol. The van der Waals surface area contributed by atoms with Crippen LogP contribution in [-0.2, 0) is 11.3 Å². The molecule has 1 fully saturated rings. The number of piperazine rings is 1. The second-order valence-corrected chi connectivity index (χ2v) is 5.28. The fraction of sp³-hybridized carbons (Fsp3) is 0.643. The van der Waals surface area contributed by atoms with Crippen LogP contribution in [0.15, 0.2) is 12.7 Å². The van der Waals surface area contributed by atoms with Crippen LogP contribution < -0.4 is 0 Å². The van der Waals surface area contributed by atoms with Gasteiger partial charge in [0.15, 0.2) is 5.69 Å². The maximum atomic E-state index is 11.8. The van der Waals surface area contributed by atoms with Gasteiger partial charge in [-0.3, -0.25) is 4.90 Å². The molecule has 0 radical (unpaired) electrons. The van der Waals surface area contributed by atoms with Crippen LogP contribution in [0.5, 0.6) is 0 Å². The number of likely N-dealkylation sites (N-methyl/N-ethyl adjacent to an activating group) is 1. The zero-order valence-corrected chi connectivity index (χ0v) is 12.8. The summed E-state index contributed by atoms with van der Waals surface area (Å²) in [5, 5.41) is 7.97. The summed E-state index contributed by atoms with van der Waals surface area (Å²) in [5.41, 5.74) is 1.04. The molecule has 1 aromatic heterocycles. The first-order valence-electron chi connectivity index (χ1n) is 7.21. The molecule has 21 heavy (non-hydrogen) atoms. The summed E-state index contributed by atoms with van der Waals surface area (Å²) in [4.78, 5) is 16.5. The van der Waals surface area contributed by atoms with Crippen LogP contribution >= 0.6 is 0 Å². The summed E-state index contributed by atoms with van der Waals surface area (Å²) >= 11 is 0. The fourth-order valence-corrected chi connectivity index (χ4v) is 2.27. The van der Waals surface area contributed by atoms with E-state index in [0.717, 1.165) is 45.0 Å². The van der Waals surface area contributed by atoms with Crippen molar-refractivity contribution in [2.24, 2.45) is 0 Å². The quantitative estimate of drug-likeness (QED) is 0.550. The molecule has 116 valence electrons. The largest absolute Gasteiger partial charge is 0.457 e. The predicted molar refractivity (Wildman–Crippen MR) is 79.2 cm³/mol. The van der Waals surface area contributed by atoms with Crippen molar-refractivity contribution in [2.45, 2.75) is 13.5 Å². The molecule has 2 heterocycles. The van der Waals surface area contributed by atoms with Crippen LogP contribution in [0.2, 0.25) is 0 Å². The highest BCUT2D eigenvalue weighted by Crippen LogP contribution is 2.07. The number of esters is 1. The Kier molecular flexibility index (Phi) is 5.46. The lowest BCUT2D eigenvalue weighted by Crippen LogP contribution is -2.45. The van der Waals surface area contributed by atoms with Gasteiger partial charge >= 0.3 is 5.97 Å². The van der Waals surface area contributed by atoms with Crippen molar-refractivity contribution in [3.05, 3.63) is 24.0 Å². The average Bonchev–Trinajstić information content (AvgIpc) is 2.85. The molecule has 2 rings (SSSR count). The van der Waals surface area contributed by atoms with E-state index in [9.17, 15) is 4.79 Å². The van der Waals surface area contributed by atoms with E-state index in [2.05, 4.69) is 33.7 Å². The molecule has 0 saturated carbocycles. The van der Waals surface area contributed by atoms with Crippen LogP contribution in [0.4, 0.5) is 0 Å². The standard InChI is InChI=1S/C14H23N5O2/c1-4-11-21-14(20)13-12(2)19(16-15-13)10-9-18-7-5-17(3)6-8-18/h4H,1,5-11H2,2-3H3. The molecule has 0 unspecified atom stereocenters. The van der Waals surface area contributed by atoms with Crippen LogP contribution in [0.3, 0.4) is 0 Å². The normalized spacial score (nSPS) is 16.9. The number of ether oxygens (including phenoxy) is 1. The second kappa shape index (κ2) is 7.33. The first-order chi connectivity index (χ1) is 10.1. The SMILES string of the molecule is C=CCOC(=O)c1nnn(CCN2CCN(C)CC2)c1C. The summed E-state index contributed by atoms with van der Waals surface area (Å²) in [6, 6.07) is 0. The Labute approximate surface area is 125 Å². The van der Waals surface area contributed by atoms with Gasteiger partial charge in [0.2, 0.25) is 0 Å². The van der Waals surface area contributed by atoms with Crippen molar-refractivity contribution in [2.75, 3.05) is 46.4 Å². The summed E-state index contributed by atoms with van der Waals surface area (Å²) < 4.78 is 6.76. The molecule has 0 amide bonds. The molecule has 1 aromatic rings. The third-order valence-corrected chi connectivity index (χ3v) is 3.73. The molecule has 1 saturated heterocycles. The van der Waals surface area contributed by atoms with E-state index >= 15 is 0 Å². The van der Waals surface area contributed by atoms with Crippen molar-refractivity contribution >= 4 is 5.97 Å². The summed E-state index contributed by atoms with van der Waals surface area (Å²) in [6.45, 7) is 11.5. The van der Waals surface area contributed by atoms with E-state index < -0.39 is 5.97 Å². The minimum Gasteiger partial charge on any atom is -0.457 e. The van der Waals surface area contributed by atoms with Gasteiger partial charge in [0, 0.05) is 32.7 Å². The third-order valence-electron chi connectivity index (χ3n) is 3.73. The average molecular weight is 293 g/mol. The highest BCUT2D eigenvalue weighted by Gasteiger charge is 2.19. The number of aromatic nitrogens is 3. The molecular weight excluding hydrogens is 270 g/mol. The number of hydrogen-bond donors (Lipinski definition) is 0. The van der Waals surface area contributed by atoms with Crippen molar-refractivity contribution in [3.8, 4) is 0 Å². The van der Waals surface area contributed by atoms with Gasteiger partial charge in [0.1, 0.15) is 6.61 Å². The first kappa shape index (κ1) is 15.7. The van der Waals surface area contributed by atoms with E-state index in [0.29, 0.717) is 0 Å². The van der Waals surface area contributed by atoms with E-state index in [1.165, 1.54) is 6.08 Å². The lowest BCUT2D eigenvalue weighted by Gasteiger charge is -2.32. The molecule has 1 aliphatic rings. The Morgan fingerprint density at radius 1 is 1.33 bits per heavy atom. The minimum atomic E-state index is -0.446. The number of carbonyl (C=O) groups is 1. The molecule has 0 bridgehead atoms. The molecule has 0 atom stereocenters. The van der Waals surface area contributed by atoms with Crippen molar-refractivity contribution < 1.29 is 9.53 Å². The maximum Gasteiger partial charge on any atom is 0.361 e. The lowest BCUT2D eigenvalue weighted by molar-refractivity contribution is 0.0542. The number of hydrogen-bond acceptors (Lipinski definition) is 6. The van der Waals surface area contributed by atoms with Gasteiger partial charge in [-0.25, -0.2) is 9.48 Å². The molecule has 1 aliphatic heterocycles. The Morgan fingerprint density at radius 3 is 2.71 bits per heavy atom. The van der Waals surface area contributed by atoms with Gasteiger partial charge in [-0.05, 0) is 14.0 Å². The van der Waals surface area contributed by atoms with E-state index in [4.69, 9.17) is 4.74 Å². The Morgan fingerprint density at radius 2 is 2.05 bits per heavy atom. The summed E-state index contributed by atoms with van der Waals surface area (Å²) in [7, 11) is 2.14. The number of nitrogens with zero attached hydrogens (tertiary/aromatic N) is 5. The van der Waals surface area contributed by atoms with Crippen molar-refractivity contribution in [1.82, 2.24) is 24.8 Å². The lowest BCUT2D eigenvalue weighted by atomic mass is 10.3. The summed E-state index contributed by atoms with van der Waals surface area (Å²) in [5.74, 6) is -0.446. The van der Waals surface area contributed by atoms with Gasteiger partial charge in [-0.1, -0.05) is 17.9 Å². The first-order valence-corrected chi connectivity index (χ1v) is 7.21. The molecule has 7 heteroatoms. The molecule has 0 N–H and O–H groups in total. The molecule has 0 aromatic carbocycles. The highest BCUT2D eigenvalue weighted by molar-refractivity contribution is 5.88. The van der Waals surface area contributed by atoms with Crippen molar-refractivity contribution in [3.63, 3.8) is 0 Å². The van der Waals surface area contributed by atoms with Crippen LogP contribution in [-0.4, -0.2) is 77.1 Å². The van der Waals surface area contributed by atoms with E-state index in [1.807, 2.05) is 6.92 Å². The van der Waals surface area contributed by atoms with E-state index in [-0.39, 0.29) is 12.3 Å². The van der Waals surface area contributed by atoms with Gasteiger partial charge in [0.25, 0.3) is 0 Å². The Hall–Kier alpha value is -1.73. The van der Waals surface area contributed by atoms with Gasteiger partial charge in [-0.15, -0.1) is 5.10 Å². The van der Waals surface area contributed by atoms with E-state index in [1.54, 1.807) is 4.68 Å². The van der Waals surface area contributed by atoms with Crippen molar-refractivity contribution in [1.29, 1.82) is 0 Å². The molecule has 0 aliphatic carbocycles. The molecular formula is C14H23N5O2. The van der Waals surface area contributed by atoms with Crippen LogP contribution in [0.1, 0.15) is 16.2 Å². The zero-order chi connectivity index (χ0) is 15.2. The Bertz CT molecular complexity index is 492. The minimum absolute atomic E-state index is 0.187. The van der Waals surface area contributed by atoms with Gasteiger partial charge < -0.3 is 9.64 Å². The highest BCUT2D eigenvalue weighted by atomic mass is 16.5.